The summed E-state index contributed by atoms with van der Waals surface area (Å²) >= 11 is 0. The zero-order chi connectivity index (χ0) is 10.6. The summed E-state index contributed by atoms with van der Waals surface area (Å²) in [5.74, 6) is 0. The summed E-state index contributed by atoms with van der Waals surface area (Å²) in [5, 5.41) is 8.76. The van der Waals surface area contributed by atoms with E-state index in [0.717, 1.165) is 0 Å². The highest BCUT2D eigenvalue weighted by Gasteiger charge is 2.29. The molecule has 0 aliphatic carbocycles. The van der Waals surface area contributed by atoms with Crippen LogP contribution < -0.4 is 0 Å². The predicted molar refractivity (Wildman–Crippen MR) is 43.9 cm³/mol. The van der Waals surface area contributed by atoms with Crippen LogP contribution in [0.4, 0.5) is 13.2 Å². The highest BCUT2D eigenvalue weighted by atomic mass is 19.4. The third-order valence-electron chi connectivity index (χ3n) is 2.14. The third-order valence-corrected chi connectivity index (χ3v) is 2.14. The smallest absolute Gasteiger partial charge is 0.390 e. The third kappa shape index (κ3) is 4.26. The first-order chi connectivity index (χ1) is 6.51. The minimum absolute atomic E-state index is 0.0106. The van der Waals surface area contributed by atoms with Gasteiger partial charge >= 0.3 is 6.18 Å². The van der Waals surface area contributed by atoms with Crippen LogP contribution in [0.5, 0.6) is 0 Å². The van der Waals surface area contributed by atoms with E-state index < -0.39 is 12.6 Å². The van der Waals surface area contributed by atoms with Crippen LogP contribution in [-0.2, 0) is 4.74 Å². The van der Waals surface area contributed by atoms with Gasteiger partial charge in [-0.1, -0.05) is 0 Å². The molecule has 84 valence electrons. The molecule has 0 radical (unpaired) electrons. The first kappa shape index (κ1) is 11.7. The van der Waals surface area contributed by atoms with Crippen LogP contribution in [0.3, 0.4) is 0 Å². The van der Waals surface area contributed by atoms with Gasteiger partial charge in [0.2, 0.25) is 0 Å². The molecule has 0 saturated carbocycles. The Morgan fingerprint density at radius 1 is 1.43 bits per heavy atom. The van der Waals surface area contributed by atoms with Crippen LogP contribution in [-0.4, -0.2) is 55.1 Å². The Bertz CT molecular complexity index is 174. The van der Waals surface area contributed by atoms with Gasteiger partial charge in [-0.25, -0.2) is 0 Å². The lowest BCUT2D eigenvalue weighted by Gasteiger charge is -2.32. The maximum atomic E-state index is 11.9. The Morgan fingerprint density at radius 3 is 2.71 bits per heavy atom. The fraction of sp³-hybridized carbons (Fsp3) is 1.00. The molecule has 1 aliphatic rings. The number of nitrogens with zero attached hydrogens (tertiary/aromatic N) is 1. The normalized spacial score (nSPS) is 25.3. The van der Waals surface area contributed by atoms with Crippen molar-refractivity contribution in [3.63, 3.8) is 0 Å². The molecule has 0 aromatic carbocycles. The molecule has 14 heavy (non-hydrogen) atoms. The molecule has 1 N–H and O–H groups in total. The van der Waals surface area contributed by atoms with Gasteiger partial charge in [-0.3, -0.25) is 4.90 Å². The molecule has 3 nitrogen and oxygen atoms in total. The van der Waals surface area contributed by atoms with Crippen molar-refractivity contribution in [2.24, 2.45) is 0 Å². The molecule has 1 fully saturated rings. The lowest BCUT2D eigenvalue weighted by atomic mass is 10.2. The van der Waals surface area contributed by atoms with E-state index in [1.807, 2.05) is 0 Å². The van der Waals surface area contributed by atoms with E-state index in [2.05, 4.69) is 0 Å². The van der Waals surface area contributed by atoms with E-state index in [9.17, 15) is 13.2 Å². The van der Waals surface area contributed by atoms with Gasteiger partial charge in [-0.05, 0) is 0 Å². The molecule has 0 bridgehead atoms. The molecule has 1 aliphatic heterocycles. The molecule has 1 saturated heterocycles. The highest BCUT2D eigenvalue weighted by Crippen LogP contribution is 2.20. The second-order valence-corrected chi connectivity index (χ2v) is 3.34. The Kier molecular flexibility index (Phi) is 4.15. The molecule has 1 atom stereocenters. The van der Waals surface area contributed by atoms with Gasteiger partial charge in [0.05, 0.1) is 25.7 Å². The van der Waals surface area contributed by atoms with Crippen LogP contribution >= 0.6 is 0 Å². The number of rotatable bonds is 3. The molecule has 0 aromatic rings. The summed E-state index contributed by atoms with van der Waals surface area (Å²) in [6.45, 7) is 1.13. The number of aliphatic hydroxyl groups is 1. The van der Waals surface area contributed by atoms with Crippen molar-refractivity contribution in [2.75, 3.05) is 32.8 Å². The van der Waals surface area contributed by atoms with Gasteiger partial charge in [0.25, 0.3) is 0 Å². The molecule has 6 heteroatoms. The van der Waals surface area contributed by atoms with E-state index in [0.29, 0.717) is 19.7 Å². The van der Waals surface area contributed by atoms with Gasteiger partial charge in [0.1, 0.15) is 0 Å². The van der Waals surface area contributed by atoms with Crippen molar-refractivity contribution in [1.29, 1.82) is 0 Å². The van der Waals surface area contributed by atoms with Crippen LogP contribution in [0.15, 0.2) is 0 Å². The molecule has 0 aromatic heterocycles. The number of ether oxygens (including phenoxy) is 1. The topological polar surface area (TPSA) is 32.7 Å². The zero-order valence-electron chi connectivity index (χ0n) is 7.76. The van der Waals surface area contributed by atoms with Crippen molar-refractivity contribution < 1.29 is 23.0 Å². The first-order valence-corrected chi connectivity index (χ1v) is 4.53. The first-order valence-electron chi connectivity index (χ1n) is 4.53. The number of alkyl halides is 3. The summed E-state index contributed by atoms with van der Waals surface area (Å²) < 4.78 is 40.8. The summed E-state index contributed by atoms with van der Waals surface area (Å²) in [4.78, 5) is 1.66. The number of halogens is 3. The van der Waals surface area contributed by atoms with E-state index in [-0.39, 0.29) is 19.3 Å². The average Bonchev–Trinajstić information content (AvgIpc) is 2.14. The van der Waals surface area contributed by atoms with Gasteiger partial charge in [-0.2, -0.15) is 13.2 Å². The van der Waals surface area contributed by atoms with Crippen LogP contribution in [0.2, 0.25) is 0 Å². The highest BCUT2D eigenvalue weighted by molar-refractivity contribution is 4.71. The Balaban J connectivity index is 2.24. The zero-order valence-corrected chi connectivity index (χ0v) is 7.76. The molecule has 1 rings (SSSR count). The average molecular weight is 213 g/mol. The quantitative estimate of drug-likeness (QED) is 0.746. The minimum Gasteiger partial charge on any atom is -0.394 e. The van der Waals surface area contributed by atoms with Crippen molar-refractivity contribution in [3.05, 3.63) is 0 Å². The minimum atomic E-state index is -4.10. The number of hydrogen-bond acceptors (Lipinski definition) is 3. The molecular formula is C8H14F3NO2. The number of aliphatic hydroxyl groups excluding tert-OH is 1. The van der Waals surface area contributed by atoms with Gasteiger partial charge in [0.15, 0.2) is 0 Å². The lowest BCUT2D eigenvalue weighted by Crippen LogP contribution is -2.45. The van der Waals surface area contributed by atoms with Crippen LogP contribution in [0, 0.1) is 0 Å². The maximum Gasteiger partial charge on any atom is 0.390 e. The summed E-state index contributed by atoms with van der Waals surface area (Å²) in [7, 11) is 0. The summed E-state index contributed by atoms with van der Waals surface area (Å²) in [6, 6.07) is 0. The van der Waals surface area contributed by atoms with Gasteiger partial charge < -0.3 is 9.84 Å². The fourth-order valence-electron chi connectivity index (χ4n) is 1.38. The molecule has 1 unspecified atom stereocenters. The predicted octanol–water partition coefficient (Wildman–Crippen LogP) is 0.632. The molecule has 1 heterocycles. The summed E-state index contributed by atoms with van der Waals surface area (Å²) in [6.07, 6.45) is -5.24. The fourth-order valence-corrected chi connectivity index (χ4v) is 1.38. The van der Waals surface area contributed by atoms with Crippen molar-refractivity contribution in [2.45, 2.75) is 18.7 Å². The Morgan fingerprint density at radius 2 is 2.14 bits per heavy atom. The monoisotopic (exact) mass is 213 g/mol. The van der Waals surface area contributed by atoms with E-state index >= 15 is 0 Å². The molecular weight excluding hydrogens is 199 g/mol. The van der Waals surface area contributed by atoms with Crippen molar-refractivity contribution >= 4 is 0 Å². The summed E-state index contributed by atoms with van der Waals surface area (Å²) in [5.41, 5.74) is 0. The van der Waals surface area contributed by atoms with Gasteiger partial charge in [0, 0.05) is 19.6 Å². The lowest BCUT2D eigenvalue weighted by molar-refractivity contribution is -0.142. The number of morpholine rings is 1. The standard InChI is InChI=1S/C8H14F3NO2/c9-8(10,11)1-2-12-3-4-14-7(5-12)6-13/h7,13H,1-6H2. The van der Waals surface area contributed by atoms with Crippen molar-refractivity contribution in [1.82, 2.24) is 4.90 Å². The number of hydrogen-bond donors (Lipinski definition) is 1. The maximum absolute atomic E-state index is 11.9. The van der Waals surface area contributed by atoms with Crippen molar-refractivity contribution in [3.8, 4) is 0 Å². The SMILES string of the molecule is OCC1CN(CCC(F)(F)F)CCO1. The van der Waals surface area contributed by atoms with E-state index in [1.165, 1.54) is 0 Å². The van der Waals surface area contributed by atoms with E-state index in [4.69, 9.17) is 9.84 Å². The second-order valence-electron chi connectivity index (χ2n) is 3.34. The molecule has 0 amide bonds. The Hall–Kier alpha value is -0.330. The second kappa shape index (κ2) is 4.95. The molecule has 0 spiro atoms. The van der Waals surface area contributed by atoms with E-state index in [1.54, 1.807) is 4.90 Å². The van der Waals surface area contributed by atoms with Crippen LogP contribution in [0.1, 0.15) is 6.42 Å². The largest absolute Gasteiger partial charge is 0.394 e. The van der Waals surface area contributed by atoms with Crippen LogP contribution in [0.25, 0.3) is 0 Å². The van der Waals surface area contributed by atoms with Gasteiger partial charge in [-0.15, -0.1) is 0 Å². The Labute approximate surface area is 80.5 Å².